The summed E-state index contributed by atoms with van der Waals surface area (Å²) in [5, 5.41) is 19.5. The van der Waals surface area contributed by atoms with E-state index in [0.717, 1.165) is 44.4 Å². The molecule has 0 rings (SSSR count). The van der Waals surface area contributed by atoms with Crippen LogP contribution in [-0.2, 0) is 4.79 Å². The van der Waals surface area contributed by atoms with Crippen molar-refractivity contribution < 1.29 is 15.0 Å². The van der Waals surface area contributed by atoms with Crippen LogP contribution >= 0.6 is 0 Å². The van der Waals surface area contributed by atoms with Gasteiger partial charge in [-0.3, -0.25) is 4.79 Å². The molecule has 0 aliphatic rings. The van der Waals surface area contributed by atoms with Gasteiger partial charge in [-0.25, -0.2) is 0 Å². The molecule has 0 saturated heterocycles. The van der Waals surface area contributed by atoms with Crippen LogP contribution in [0, 0.1) is 17.8 Å². The van der Waals surface area contributed by atoms with Crippen LogP contribution in [0.4, 0.5) is 0 Å². The molecule has 0 aromatic heterocycles. The minimum Gasteiger partial charge on any atom is -0.481 e. The summed E-state index contributed by atoms with van der Waals surface area (Å²) in [5.41, 5.74) is 0. The minimum absolute atomic E-state index is 0.0271. The Kier molecular flexibility index (Phi) is 43.2. The van der Waals surface area contributed by atoms with Gasteiger partial charge in [0, 0.05) is 0 Å². The number of aliphatic carboxylic acids is 1. The molecule has 3 unspecified atom stereocenters. The Morgan fingerprint density at radius 1 is 0.429 bits per heavy atom. The van der Waals surface area contributed by atoms with Crippen LogP contribution in [0.15, 0.2) is 0 Å². The first-order chi connectivity index (χ1) is 23.8. The summed E-state index contributed by atoms with van der Waals surface area (Å²) < 4.78 is 0. The zero-order valence-electron chi connectivity index (χ0n) is 34.9. The molecule has 3 nitrogen and oxygen atoms in total. The molecule has 3 atom stereocenters. The molecule has 0 aromatic carbocycles. The molecule has 49 heavy (non-hydrogen) atoms. The number of hydrogen-bond donors (Lipinski definition) is 2. The largest absolute Gasteiger partial charge is 0.481 e. The maximum Gasteiger partial charge on any atom is 0.306 e. The van der Waals surface area contributed by atoms with Gasteiger partial charge in [0.15, 0.2) is 0 Å². The lowest BCUT2D eigenvalue weighted by atomic mass is 9.86. The third-order valence-electron chi connectivity index (χ3n) is 10.9. The Morgan fingerprint density at radius 2 is 0.755 bits per heavy atom. The predicted molar refractivity (Wildman–Crippen MR) is 220 cm³/mol. The number of carboxylic acids is 1. The van der Waals surface area contributed by atoms with Gasteiger partial charge in [0.2, 0.25) is 0 Å². The van der Waals surface area contributed by atoms with Gasteiger partial charge in [-0.05, 0) is 37.5 Å². The highest BCUT2D eigenvalue weighted by Gasteiger charge is 2.21. The average Bonchev–Trinajstić information content (AvgIpc) is 3.08. The molecule has 0 aromatic rings. The van der Waals surface area contributed by atoms with Crippen molar-refractivity contribution in [3.63, 3.8) is 0 Å². The van der Waals surface area contributed by atoms with Crippen molar-refractivity contribution in [2.45, 2.75) is 272 Å². The van der Waals surface area contributed by atoms with Crippen LogP contribution in [0.3, 0.4) is 0 Å². The van der Waals surface area contributed by atoms with Crippen LogP contribution in [-0.4, -0.2) is 22.3 Å². The van der Waals surface area contributed by atoms with Crippen LogP contribution in [0.5, 0.6) is 0 Å². The number of carboxylic acid groups (broad SMARTS) is 1. The Morgan fingerprint density at radius 3 is 1.08 bits per heavy atom. The first kappa shape index (κ1) is 50.5. The molecule has 0 saturated carbocycles. The van der Waals surface area contributed by atoms with E-state index < -0.39 is 5.97 Å². The van der Waals surface area contributed by atoms with Gasteiger partial charge in [0.05, 0.1) is 12.0 Å². The lowest BCUT2D eigenvalue weighted by Gasteiger charge is -2.19. The Labute approximate surface area is 310 Å². The molecular formula is C46H94O3. The number of rotatable bonds is 38. The van der Waals surface area contributed by atoms with E-state index in [4.69, 9.17) is 0 Å². The monoisotopic (exact) mass is 695 g/mol. The first-order valence-corrected chi connectivity index (χ1v) is 22.7. The molecule has 0 bridgehead atoms. The maximum atomic E-state index is 11.6. The van der Waals surface area contributed by atoms with Gasteiger partial charge in [0.25, 0.3) is 0 Å². The lowest BCUT2D eigenvalue weighted by molar-refractivity contribution is -0.142. The fourth-order valence-corrected chi connectivity index (χ4v) is 7.26. The summed E-state index contributed by atoms with van der Waals surface area (Å²) in [6.45, 7) is 13.6. The summed E-state index contributed by atoms with van der Waals surface area (Å²) in [6, 6.07) is 0. The third-order valence-corrected chi connectivity index (χ3v) is 10.9. The molecule has 0 heterocycles. The van der Waals surface area contributed by atoms with E-state index >= 15 is 0 Å². The van der Waals surface area contributed by atoms with Crippen molar-refractivity contribution >= 4 is 5.97 Å². The molecule has 0 fully saturated rings. The molecule has 0 aliphatic carbocycles. The van der Waals surface area contributed by atoms with E-state index in [9.17, 15) is 15.0 Å². The van der Waals surface area contributed by atoms with E-state index in [1.165, 1.54) is 186 Å². The van der Waals surface area contributed by atoms with Gasteiger partial charge >= 0.3 is 5.97 Å². The predicted octanol–water partition coefficient (Wildman–Crippen LogP) is 16.0. The Hall–Kier alpha value is -0.570. The van der Waals surface area contributed by atoms with Crippen molar-refractivity contribution in [2.75, 3.05) is 0 Å². The average molecular weight is 695 g/mol. The second kappa shape index (κ2) is 41.8. The zero-order valence-corrected chi connectivity index (χ0v) is 34.9. The van der Waals surface area contributed by atoms with Crippen molar-refractivity contribution in [2.24, 2.45) is 17.8 Å². The van der Waals surface area contributed by atoms with E-state index in [2.05, 4.69) is 41.5 Å². The number of aliphatic hydroxyl groups is 1. The molecular weight excluding hydrogens is 601 g/mol. The van der Waals surface area contributed by atoms with E-state index in [1.807, 2.05) is 0 Å². The maximum absolute atomic E-state index is 11.6. The Balaban J connectivity index is 0. The van der Waals surface area contributed by atoms with E-state index in [-0.39, 0.29) is 12.0 Å². The summed E-state index contributed by atoms with van der Waals surface area (Å²) >= 11 is 0. The molecule has 0 spiro atoms. The fraction of sp³-hybridized carbons (Fsp3) is 0.978. The number of carbonyl (C=O) groups is 1. The first-order valence-electron chi connectivity index (χ1n) is 22.7. The summed E-state index contributed by atoms with van der Waals surface area (Å²) in [4.78, 5) is 11.6. The van der Waals surface area contributed by atoms with Gasteiger partial charge in [-0.15, -0.1) is 0 Å². The van der Waals surface area contributed by atoms with Gasteiger partial charge in [-0.1, -0.05) is 241 Å². The van der Waals surface area contributed by atoms with Gasteiger partial charge in [-0.2, -0.15) is 0 Å². The van der Waals surface area contributed by atoms with Gasteiger partial charge in [0.1, 0.15) is 0 Å². The highest BCUT2D eigenvalue weighted by Crippen LogP contribution is 2.26. The fourth-order valence-electron chi connectivity index (χ4n) is 7.26. The highest BCUT2D eigenvalue weighted by atomic mass is 16.4. The second-order valence-electron chi connectivity index (χ2n) is 16.4. The second-order valence-corrected chi connectivity index (χ2v) is 16.4. The molecule has 296 valence electrons. The van der Waals surface area contributed by atoms with Crippen LogP contribution < -0.4 is 0 Å². The van der Waals surface area contributed by atoms with Crippen molar-refractivity contribution in [1.82, 2.24) is 0 Å². The summed E-state index contributed by atoms with van der Waals surface area (Å²) in [5.74, 6) is 0.784. The molecule has 3 heteroatoms. The van der Waals surface area contributed by atoms with Crippen molar-refractivity contribution in [3.05, 3.63) is 0 Å². The minimum atomic E-state index is -0.566. The number of aliphatic hydroxyl groups excluding tert-OH is 1. The Bertz CT molecular complexity index is 617. The van der Waals surface area contributed by atoms with Crippen LogP contribution in [0.2, 0.25) is 0 Å². The molecule has 0 radical (unpaired) electrons. The molecule has 0 amide bonds. The topological polar surface area (TPSA) is 57.5 Å². The summed E-state index contributed by atoms with van der Waals surface area (Å²) in [7, 11) is 0. The smallest absolute Gasteiger partial charge is 0.306 e. The van der Waals surface area contributed by atoms with E-state index in [0.29, 0.717) is 5.92 Å². The number of hydrogen-bond acceptors (Lipinski definition) is 2. The van der Waals surface area contributed by atoms with Gasteiger partial charge < -0.3 is 10.2 Å². The molecule has 0 aliphatic heterocycles. The quantitative estimate of drug-likeness (QED) is 0.0633. The zero-order chi connectivity index (χ0) is 36.6. The lowest BCUT2D eigenvalue weighted by Crippen LogP contribution is -2.18. The van der Waals surface area contributed by atoms with Crippen LogP contribution in [0.25, 0.3) is 0 Å². The molecule has 2 N–H and O–H groups in total. The third kappa shape index (κ3) is 41.7. The standard InChI is InChI=1S/C26H52O2.C20H42O/c1-5-7-20-24(6-2)22-25(26(27)28)21-18-16-14-12-10-8-9-11-13-15-17-19-23(3)4;1-3-5-7-9-11-12-13-15-17-19-20(21)18-16-14-10-8-6-4-2/h23-25H,5-22H2,1-4H3,(H,27,28);20-21H,3-19H2,1-2H3. The highest BCUT2D eigenvalue weighted by molar-refractivity contribution is 5.69. The van der Waals surface area contributed by atoms with Crippen molar-refractivity contribution in [3.8, 4) is 0 Å². The number of unbranched alkanes of at least 4 members (excludes halogenated alkanes) is 24. The normalized spacial score (nSPS) is 13.3. The van der Waals surface area contributed by atoms with Crippen LogP contribution in [0.1, 0.15) is 266 Å². The van der Waals surface area contributed by atoms with E-state index in [1.54, 1.807) is 0 Å². The van der Waals surface area contributed by atoms with Crippen molar-refractivity contribution in [1.29, 1.82) is 0 Å². The SMILES string of the molecule is CCCCC(CC)CC(CCCCCCCCCCCCCC(C)C)C(=O)O.CCCCCCCCCCCC(O)CCCCCCCC. The summed E-state index contributed by atoms with van der Waals surface area (Å²) in [6.07, 6.45) is 45.0.